The van der Waals surface area contributed by atoms with Crippen LogP contribution < -0.4 is 18.9 Å². The van der Waals surface area contributed by atoms with E-state index in [1.165, 1.54) is 0 Å². The van der Waals surface area contributed by atoms with Crippen LogP contribution in [0.5, 0.6) is 23.0 Å². The van der Waals surface area contributed by atoms with E-state index in [4.69, 9.17) is 18.9 Å². The molecule has 6 heteroatoms. The Hall–Kier alpha value is -2.89. The molecule has 2 aromatic rings. The van der Waals surface area contributed by atoms with Gasteiger partial charge in [-0.1, -0.05) is 18.9 Å². The minimum absolute atomic E-state index is 0.0101. The number of carbonyl (C=O) groups excluding carboxylic acids is 1. The Balaban J connectivity index is 1.60. The summed E-state index contributed by atoms with van der Waals surface area (Å²) in [7, 11) is 1.59. The molecule has 2 aliphatic rings. The summed E-state index contributed by atoms with van der Waals surface area (Å²) in [6.45, 7) is 3.25. The van der Waals surface area contributed by atoms with Gasteiger partial charge in [0.05, 0.1) is 13.7 Å². The molecule has 1 aliphatic heterocycles. The highest BCUT2D eigenvalue weighted by molar-refractivity contribution is 5.95. The SMILES string of the molecule is CCOc1ccc(C(=O)N(Cc2ccc3c(c2)OCO3)C2CCCC2)cc1OC. The Morgan fingerprint density at radius 2 is 1.86 bits per heavy atom. The number of benzene rings is 2. The van der Waals surface area contributed by atoms with E-state index in [0.29, 0.717) is 30.2 Å². The van der Waals surface area contributed by atoms with Crippen LogP contribution in [0, 0.1) is 0 Å². The molecule has 0 atom stereocenters. The molecule has 0 unspecified atom stereocenters. The molecule has 1 aliphatic carbocycles. The molecule has 0 spiro atoms. The van der Waals surface area contributed by atoms with Gasteiger partial charge in [-0.2, -0.15) is 0 Å². The highest BCUT2D eigenvalue weighted by Gasteiger charge is 2.28. The van der Waals surface area contributed by atoms with Crippen LogP contribution >= 0.6 is 0 Å². The molecule has 0 bridgehead atoms. The van der Waals surface area contributed by atoms with Crippen LogP contribution in [0.25, 0.3) is 0 Å². The molecule has 0 radical (unpaired) electrons. The maximum Gasteiger partial charge on any atom is 0.254 e. The maximum atomic E-state index is 13.5. The fourth-order valence-corrected chi connectivity index (χ4v) is 4.06. The summed E-state index contributed by atoms with van der Waals surface area (Å²) in [6, 6.07) is 11.5. The summed E-state index contributed by atoms with van der Waals surface area (Å²) < 4.78 is 21.9. The largest absolute Gasteiger partial charge is 0.493 e. The monoisotopic (exact) mass is 397 g/mol. The number of nitrogens with zero attached hydrogens (tertiary/aromatic N) is 1. The minimum atomic E-state index is 0.0101. The molecule has 0 aromatic heterocycles. The van der Waals surface area contributed by atoms with E-state index in [0.717, 1.165) is 42.7 Å². The first-order valence-corrected chi connectivity index (χ1v) is 10.2. The normalized spacial score (nSPS) is 15.4. The molecule has 0 N–H and O–H groups in total. The van der Waals surface area contributed by atoms with Crippen molar-refractivity contribution in [1.29, 1.82) is 0 Å². The number of fused-ring (bicyclic) bond motifs is 1. The predicted molar refractivity (Wildman–Crippen MR) is 109 cm³/mol. The molecule has 2 aromatic carbocycles. The van der Waals surface area contributed by atoms with E-state index in [1.807, 2.05) is 42.2 Å². The molecule has 1 heterocycles. The number of ether oxygens (including phenoxy) is 4. The summed E-state index contributed by atoms with van der Waals surface area (Å²) >= 11 is 0. The average molecular weight is 397 g/mol. The molecule has 1 saturated carbocycles. The van der Waals surface area contributed by atoms with Crippen molar-refractivity contribution in [1.82, 2.24) is 4.90 Å². The van der Waals surface area contributed by atoms with Crippen molar-refractivity contribution in [3.05, 3.63) is 47.5 Å². The Labute approximate surface area is 171 Å². The van der Waals surface area contributed by atoms with E-state index >= 15 is 0 Å². The first-order chi connectivity index (χ1) is 14.2. The van der Waals surface area contributed by atoms with E-state index in [2.05, 4.69) is 0 Å². The zero-order valence-corrected chi connectivity index (χ0v) is 17.0. The number of methoxy groups -OCH3 is 1. The van der Waals surface area contributed by atoms with Gasteiger partial charge >= 0.3 is 0 Å². The van der Waals surface area contributed by atoms with E-state index < -0.39 is 0 Å². The topological polar surface area (TPSA) is 57.2 Å². The number of rotatable bonds is 7. The molecule has 29 heavy (non-hydrogen) atoms. The number of hydrogen-bond acceptors (Lipinski definition) is 5. The lowest BCUT2D eigenvalue weighted by molar-refractivity contribution is 0.0664. The molecular formula is C23H27NO5. The van der Waals surface area contributed by atoms with E-state index in [1.54, 1.807) is 13.2 Å². The quantitative estimate of drug-likeness (QED) is 0.693. The third-order valence-electron chi connectivity index (χ3n) is 5.53. The smallest absolute Gasteiger partial charge is 0.254 e. The molecular weight excluding hydrogens is 370 g/mol. The zero-order chi connectivity index (χ0) is 20.2. The Morgan fingerprint density at radius 1 is 1.07 bits per heavy atom. The summed E-state index contributed by atoms with van der Waals surface area (Å²) in [5.41, 5.74) is 1.64. The average Bonchev–Trinajstić information content (AvgIpc) is 3.43. The summed E-state index contributed by atoms with van der Waals surface area (Å²) in [5, 5.41) is 0. The fraction of sp³-hybridized carbons (Fsp3) is 0.435. The third kappa shape index (κ3) is 4.11. The van der Waals surface area contributed by atoms with E-state index in [-0.39, 0.29) is 18.7 Å². The van der Waals surface area contributed by atoms with Gasteiger partial charge in [-0.05, 0) is 55.7 Å². The molecule has 154 valence electrons. The Kier molecular flexibility index (Phi) is 5.79. The standard InChI is InChI=1S/C23H27NO5/c1-3-27-19-11-9-17(13-21(19)26-2)23(25)24(18-6-4-5-7-18)14-16-8-10-20-22(12-16)29-15-28-20/h8-13,18H,3-7,14-15H2,1-2H3. The summed E-state index contributed by atoms with van der Waals surface area (Å²) in [5.74, 6) is 2.73. The number of amides is 1. The van der Waals surface area contributed by atoms with Crippen molar-refractivity contribution in [2.24, 2.45) is 0 Å². The lowest BCUT2D eigenvalue weighted by atomic mass is 10.1. The second kappa shape index (κ2) is 8.64. The second-order valence-electron chi connectivity index (χ2n) is 7.36. The molecule has 0 saturated heterocycles. The maximum absolute atomic E-state index is 13.5. The third-order valence-corrected chi connectivity index (χ3v) is 5.53. The lowest BCUT2D eigenvalue weighted by Crippen LogP contribution is -2.38. The Bertz CT molecular complexity index is 876. The first-order valence-electron chi connectivity index (χ1n) is 10.2. The van der Waals surface area contributed by atoms with Gasteiger partial charge in [0, 0.05) is 18.2 Å². The zero-order valence-electron chi connectivity index (χ0n) is 17.0. The van der Waals surface area contributed by atoms with Crippen LogP contribution in [0.3, 0.4) is 0 Å². The minimum Gasteiger partial charge on any atom is -0.493 e. The Morgan fingerprint density at radius 3 is 2.62 bits per heavy atom. The summed E-state index contributed by atoms with van der Waals surface area (Å²) in [4.78, 5) is 15.5. The van der Waals surface area contributed by atoms with Crippen LogP contribution in [-0.4, -0.2) is 37.4 Å². The first kappa shape index (κ1) is 19.4. The van der Waals surface area contributed by atoms with Crippen LogP contribution in [0.1, 0.15) is 48.5 Å². The van der Waals surface area contributed by atoms with Crippen LogP contribution in [0.2, 0.25) is 0 Å². The highest BCUT2D eigenvalue weighted by atomic mass is 16.7. The predicted octanol–water partition coefficient (Wildman–Crippen LogP) is 4.41. The van der Waals surface area contributed by atoms with Crippen LogP contribution in [0.15, 0.2) is 36.4 Å². The van der Waals surface area contributed by atoms with Gasteiger partial charge in [-0.15, -0.1) is 0 Å². The lowest BCUT2D eigenvalue weighted by Gasteiger charge is -2.29. The number of hydrogen-bond donors (Lipinski definition) is 0. The van der Waals surface area contributed by atoms with Crippen molar-refractivity contribution in [2.75, 3.05) is 20.5 Å². The van der Waals surface area contributed by atoms with Crippen molar-refractivity contribution in [3.63, 3.8) is 0 Å². The van der Waals surface area contributed by atoms with E-state index in [9.17, 15) is 4.79 Å². The van der Waals surface area contributed by atoms with Crippen molar-refractivity contribution in [2.45, 2.75) is 45.2 Å². The molecule has 1 fully saturated rings. The molecule has 1 amide bonds. The number of carbonyl (C=O) groups is 1. The van der Waals surface area contributed by atoms with Crippen molar-refractivity contribution < 1.29 is 23.7 Å². The van der Waals surface area contributed by atoms with Crippen LogP contribution in [0.4, 0.5) is 0 Å². The van der Waals surface area contributed by atoms with Gasteiger partial charge in [-0.25, -0.2) is 0 Å². The van der Waals surface area contributed by atoms with Gasteiger partial charge in [0.1, 0.15) is 0 Å². The molecule has 6 nitrogen and oxygen atoms in total. The van der Waals surface area contributed by atoms with Crippen molar-refractivity contribution >= 4 is 5.91 Å². The van der Waals surface area contributed by atoms with Gasteiger partial charge in [0.15, 0.2) is 23.0 Å². The highest BCUT2D eigenvalue weighted by Crippen LogP contribution is 2.35. The van der Waals surface area contributed by atoms with Gasteiger partial charge in [-0.3, -0.25) is 4.79 Å². The van der Waals surface area contributed by atoms with Crippen LogP contribution in [-0.2, 0) is 6.54 Å². The fourth-order valence-electron chi connectivity index (χ4n) is 4.06. The summed E-state index contributed by atoms with van der Waals surface area (Å²) in [6.07, 6.45) is 4.37. The van der Waals surface area contributed by atoms with Crippen molar-refractivity contribution in [3.8, 4) is 23.0 Å². The van der Waals surface area contributed by atoms with Gasteiger partial charge < -0.3 is 23.8 Å². The second-order valence-corrected chi connectivity index (χ2v) is 7.36. The van der Waals surface area contributed by atoms with Gasteiger partial charge in [0.25, 0.3) is 5.91 Å². The van der Waals surface area contributed by atoms with Gasteiger partial charge in [0.2, 0.25) is 6.79 Å². The molecule has 4 rings (SSSR count).